The van der Waals surface area contributed by atoms with Crippen molar-refractivity contribution in [1.29, 1.82) is 0 Å². The summed E-state index contributed by atoms with van der Waals surface area (Å²) in [5, 5.41) is 4.14. The molecule has 0 aliphatic carbocycles. The molecular weight excluding hydrogens is 280 g/mol. The molecule has 1 aliphatic rings. The zero-order chi connectivity index (χ0) is 14.9. The van der Waals surface area contributed by atoms with E-state index in [4.69, 9.17) is 11.6 Å². The lowest BCUT2D eigenvalue weighted by Crippen LogP contribution is -2.30. The molecule has 0 saturated carbocycles. The number of nitrogens with zero attached hydrogens (tertiary/aromatic N) is 1. The van der Waals surface area contributed by atoms with Crippen LogP contribution >= 0.6 is 11.6 Å². The summed E-state index contributed by atoms with van der Waals surface area (Å²) in [6.45, 7) is 4.94. The van der Waals surface area contributed by atoms with Crippen LogP contribution in [0, 0.1) is 0 Å². The molecule has 1 N–H and O–H groups in total. The third-order valence-electron chi connectivity index (χ3n) is 4.54. The van der Waals surface area contributed by atoms with Gasteiger partial charge in [-0.2, -0.15) is 0 Å². The van der Waals surface area contributed by atoms with Gasteiger partial charge in [-0.15, -0.1) is 0 Å². The van der Waals surface area contributed by atoms with Crippen molar-refractivity contribution in [3.05, 3.63) is 34.9 Å². The Hall–Kier alpha value is -0.570. The van der Waals surface area contributed by atoms with Crippen molar-refractivity contribution in [2.75, 3.05) is 33.2 Å². The van der Waals surface area contributed by atoms with E-state index in [2.05, 4.69) is 28.4 Å². The highest BCUT2D eigenvalue weighted by Crippen LogP contribution is 2.27. The van der Waals surface area contributed by atoms with Crippen LogP contribution in [0.4, 0.5) is 0 Å². The first-order chi connectivity index (χ1) is 10.3. The van der Waals surface area contributed by atoms with Gasteiger partial charge in [-0.3, -0.25) is 0 Å². The summed E-state index contributed by atoms with van der Waals surface area (Å²) in [4.78, 5) is 2.64. The van der Waals surface area contributed by atoms with Crippen molar-refractivity contribution < 1.29 is 0 Å². The van der Waals surface area contributed by atoms with Crippen LogP contribution in [-0.4, -0.2) is 38.1 Å². The topological polar surface area (TPSA) is 15.3 Å². The monoisotopic (exact) mass is 308 g/mol. The number of rotatable bonds is 8. The number of benzene rings is 1. The predicted molar refractivity (Wildman–Crippen MR) is 92.3 cm³/mol. The van der Waals surface area contributed by atoms with E-state index in [1.165, 1.54) is 63.7 Å². The van der Waals surface area contributed by atoms with E-state index in [1.807, 2.05) is 13.1 Å². The molecule has 1 atom stereocenters. The van der Waals surface area contributed by atoms with E-state index >= 15 is 0 Å². The van der Waals surface area contributed by atoms with Crippen LogP contribution in [0.5, 0.6) is 0 Å². The standard InChI is InChI=1S/C18H29ClN2/c1-20-11-10-16(17-7-5-9-18(19)15-17)8-6-14-21-12-3-2-4-13-21/h5,7,9,15-16,20H,2-4,6,8,10-14H2,1H3/t16-/m0/s1. The molecule has 0 bridgehead atoms. The van der Waals surface area contributed by atoms with Crippen molar-refractivity contribution in [3.63, 3.8) is 0 Å². The highest BCUT2D eigenvalue weighted by molar-refractivity contribution is 6.30. The van der Waals surface area contributed by atoms with Crippen molar-refractivity contribution >= 4 is 11.6 Å². The van der Waals surface area contributed by atoms with Crippen LogP contribution in [0.1, 0.15) is 50.0 Å². The third kappa shape index (κ3) is 5.98. The summed E-state index contributed by atoms with van der Waals surface area (Å²) < 4.78 is 0. The molecule has 1 fully saturated rings. The largest absolute Gasteiger partial charge is 0.320 e. The smallest absolute Gasteiger partial charge is 0.0408 e. The van der Waals surface area contributed by atoms with E-state index in [0.717, 1.165) is 11.6 Å². The quantitative estimate of drug-likeness (QED) is 0.770. The number of piperidine rings is 1. The Bertz CT molecular complexity index is 402. The zero-order valence-corrected chi connectivity index (χ0v) is 14.0. The van der Waals surface area contributed by atoms with Gasteiger partial charge in [-0.25, -0.2) is 0 Å². The van der Waals surface area contributed by atoms with E-state index in [0.29, 0.717) is 5.92 Å². The normalized spacial score (nSPS) is 17.8. The summed E-state index contributed by atoms with van der Waals surface area (Å²) >= 11 is 6.15. The first kappa shape index (κ1) is 16.8. The fraction of sp³-hybridized carbons (Fsp3) is 0.667. The lowest BCUT2D eigenvalue weighted by molar-refractivity contribution is 0.222. The van der Waals surface area contributed by atoms with Gasteiger partial charge in [-0.05, 0) is 88.9 Å². The molecule has 2 nitrogen and oxygen atoms in total. The van der Waals surface area contributed by atoms with E-state index < -0.39 is 0 Å². The van der Waals surface area contributed by atoms with Crippen molar-refractivity contribution in [2.24, 2.45) is 0 Å². The van der Waals surface area contributed by atoms with Gasteiger partial charge in [0.25, 0.3) is 0 Å². The summed E-state index contributed by atoms with van der Waals surface area (Å²) in [5.74, 6) is 0.626. The van der Waals surface area contributed by atoms with E-state index in [9.17, 15) is 0 Å². The second-order valence-corrected chi connectivity index (χ2v) is 6.63. The molecule has 3 heteroatoms. The second kappa shape index (κ2) is 9.45. The van der Waals surface area contributed by atoms with Crippen LogP contribution in [0.2, 0.25) is 5.02 Å². The van der Waals surface area contributed by atoms with Crippen molar-refractivity contribution in [3.8, 4) is 0 Å². The molecule has 0 radical (unpaired) electrons. The Kier molecular flexibility index (Phi) is 7.56. The highest BCUT2D eigenvalue weighted by atomic mass is 35.5. The number of hydrogen-bond donors (Lipinski definition) is 1. The third-order valence-corrected chi connectivity index (χ3v) is 4.77. The van der Waals surface area contributed by atoms with Gasteiger partial charge >= 0.3 is 0 Å². The first-order valence-corrected chi connectivity index (χ1v) is 8.80. The van der Waals surface area contributed by atoms with Gasteiger partial charge in [0.2, 0.25) is 0 Å². The number of nitrogens with one attached hydrogen (secondary N) is 1. The molecule has 1 aromatic carbocycles. The number of halogens is 1. The first-order valence-electron chi connectivity index (χ1n) is 8.42. The van der Waals surface area contributed by atoms with Crippen molar-refractivity contribution in [1.82, 2.24) is 10.2 Å². The Morgan fingerprint density at radius 1 is 1.19 bits per heavy atom. The summed E-state index contributed by atoms with van der Waals surface area (Å²) in [6, 6.07) is 8.42. The molecule has 118 valence electrons. The van der Waals surface area contributed by atoms with E-state index in [1.54, 1.807) is 0 Å². The lowest BCUT2D eigenvalue weighted by Gasteiger charge is -2.27. The van der Waals surface area contributed by atoms with Gasteiger partial charge in [0.05, 0.1) is 0 Å². The molecule has 0 amide bonds. The van der Waals surface area contributed by atoms with E-state index in [-0.39, 0.29) is 0 Å². The minimum Gasteiger partial charge on any atom is -0.320 e. The molecule has 1 heterocycles. The van der Waals surface area contributed by atoms with Crippen LogP contribution in [-0.2, 0) is 0 Å². The summed E-state index contributed by atoms with van der Waals surface area (Å²) in [6.07, 6.45) is 7.94. The molecule has 0 aromatic heterocycles. The fourth-order valence-corrected chi connectivity index (χ4v) is 3.50. The molecule has 21 heavy (non-hydrogen) atoms. The Balaban J connectivity index is 1.84. The lowest BCUT2D eigenvalue weighted by atomic mass is 9.91. The molecule has 2 rings (SSSR count). The molecule has 1 saturated heterocycles. The summed E-state index contributed by atoms with van der Waals surface area (Å²) in [7, 11) is 2.03. The SMILES string of the molecule is CNCC[C@H](CCCN1CCCCC1)c1cccc(Cl)c1. The highest BCUT2D eigenvalue weighted by Gasteiger charge is 2.14. The Labute approximate surface area is 134 Å². The fourth-order valence-electron chi connectivity index (χ4n) is 3.30. The Morgan fingerprint density at radius 2 is 2.00 bits per heavy atom. The number of likely N-dealkylation sites (tertiary alicyclic amines) is 1. The van der Waals surface area contributed by atoms with Crippen LogP contribution in [0.15, 0.2) is 24.3 Å². The molecule has 1 aliphatic heterocycles. The summed E-state index contributed by atoms with van der Waals surface area (Å²) in [5.41, 5.74) is 1.40. The average molecular weight is 309 g/mol. The molecular formula is C18H29ClN2. The number of hydrogen-bond acceptors (Lipinski definition) is 2. The van der Waals surface area contributed by atoms with Gasteiger partial charge in [0, 0.05) is 5.02 Å². The average Bonchev–Trinajstić information content (AvgIpc) is 2.51. The second-order valence-electron chi connectivity index (χ2n) is 6.19. The zero-order valence-electron chi connectivity index (χ0n) is 13.3. The van der Waals surface area contributed by atoms with Gasteiger partial charge < -0.3 is 10.2 Å². The Morgan fingerprint density at radius 3 is 2.71 bits per heavy atom. The van der Waals surface area contributed by atoms with Gasteiger partial charge in [0.1, 0.15) is 0 Å². The molecule has 0 spiro atoms. The van der Waals surface area contributed by atoms with Gasteiger partial charge in [-0.1, -0.05) is 30.2 Å². The molecule has 0 unspecified atom stereocenters. The molecule has 1 aromatic rings. The minimum atomic E-state index is 0.626. The van der Waals surface area contributed by atoms with Crippen LogP contribution < -0.4 is 5.32 Å². The maximum Gasteiger partial charge on any atom is 0.0408 e. The maximum absolute atomic E-state index is 6.15. The van der Waals surface area contributed by atoms with Crippen molar-refractivity contribution in [2.45, 2.75) is 44.4 Å². The van der Waals surface area contributed by atoms with Crippen LogP contribution in [0.25, 0.3) is 0 Å². The maximum atomic E-state index is 6.15. The minimum absolute atomic E-state index is 0.626. The van der Waals surface area contributed by atoms with Crippen LogP contribution in [0.3, 0.4) is 0 Å². The predicted octanol–water partition coefficient (Wildman–Crippen LogP) is 4.30. The van der Waals surface area contributed by atoms with Gasteiger partial charge in [0.15, 0.2) is 0 Å².